The molecule has 1 aromatic carbocycles. The van der Waals surface area contributed by atoms with Crippen molar-refractivity contribution in [3.8, 4) is 17.2 Å². The van der Waals surface area contributed by atoms with Crippen LogP contribution in [0.2, 0.25) is 0 Å². The number of alkyl halides is 6. The molecule has 0 aliphatic carbocycles. The number of hydrogen-bond donors (Lipinski definition) is 2. The largest absolute Gasteiger partial charge is 0.490 e. The first-order chi connectivity index (χ1) is 13.8. The summed E-state index contributed by atoms with van der Waals surface area (Å²) in [6.07, 6.45) is -10.3. The molecule has 30 heavy (non-hydrogen) atoms. The van der Waals surface area contributed by atoms with Crippen LogP contribution in [0.25, 0.3) is 11.5 Å². The zero-order valence-electron chi connectivity index (χ0n) is 15.8. The summed E-state index contributed by atoms with van der Waals surface area (Å²) >= 11 is 0. The quantitative estimate of drug-likeness (QED) is 0.452. The molecule has 3 N–H and O–H groups in total. The molecule has 0 spiro atoms. The third kappa shape index (κ3) is 4.18. The van der Waals surface area contributed by atoms with Crippen molar-refractivity contribution in [2.24, 2.45) is 0 Å². The van der Waals surface area contributed by atoms with Gasteiger partial charge in [-0.25, -0.2) is 0 Å². The van der Waals surface area contributed by atoms with Gasteiger partial charge in [-0.1, -0.05) is 6.42 Å². The third-order valence-electron chi connectivity index (χ3n) is 4.91. The number of nitrogens with zero attached hydrogens (tertiary/aromatic N) is 2. The lowest BCUT2D eigenvalue weighted by Gasteiger charge is -2.27. The fraction of sp³-hybridized carbons (Fsp3) is 0.556. The van der Waals surface area contributed by atoms with Crippen LogP contribution in [0, 0.1) is 0 Å². The van der Waals surface area contributed by atoms with E-state index in [1.807, 2.05) is 0 Å². The van der Waals surface area contributed by atoms with Crippen molar-refractivity contribution >= 4 is 5.69 Å². The van der Waals surface area contributed by atoms with E-state index in [4.69, 9.17) is 14.9 Å². The first-order valence-corrected chi connectivity index (χ1v) is 9.14. The van der Waals surface area contributed by atoms with Crippen LogP contribution in [-0.4, -0.2) is 27.6 Å². The highest BCUT2D eigenvalue weighted by molar-refractivity contribution is 5.74. The average molecular weight is 439 g/mol. The molecule has 2 atom stereocenters. The monoisotopic (exact) mass is 439 g/mol. The lowest BCUT2D eigenvalue weighted by Crippen LogP contribution is -2.42. The van der Waals surface area contributed by atoms with Gasteiger partial charge < -0.3 is 20.0 Å². The van der Waals surface area contributed by atoms with Gasteiger partial charge in [0.2, 0.25) is 11.5 Å². The van der Waals surface area contributed by atoms with Crippen LogP contribution >= 0.6 is 0 Å². The summed E-state index contributed by atoms with van der Waals surface area (Å²) in [5.41, 5.74) is 0.502. The molecule has 2 aromatic rings. The molecule has 1 aliphatic rings. The van der Waals surface area contributed by atoms with Gasteiger partial charge in [0, 0.05) is 5.69 Å². The molecule has 0 fully saturated rings. The molecule has 1 aliphatic heterocycles. The Morgan fingerprint density at radius 1 is 1.10 bits per heavy atom. The van der Waals surface area contributed by atoms with Gasteiger partial charge in [-0.15, -0.1) is 10.2 Å². The normalized spacial score (nSPS) is 23.5. The Morgan fingerprint density at radius 2 is 1.80 bits per heavy atom. The van der Waals surface area contributed by atoms with Crippen molar-refractivity contribution < 1.29 is 40.6 Å². The van der Waals surface area contributed by atoms with Crippen molar-refractivity contribution in [3.63, 3.8) is 0 Å². The summed E-state index contributed by atoms with van der Waals surface area (Å²) in [4.78, 5) is 0. The Kier molecular flexibility index (Phi) is 5.65. The number of benzene rings is 1. The first-order valence-electron chi connectivity index (χ1n) is 9.14. The maximum Gasteiger partial charge on any atom is 0.426 e. The van der Waals surface area contributed by atoms with Crippen LogP contribution in [0.15, 0.2) is 16.5 Å². The second-order valence-corrected chi connectivity index (χ2v) is 7.23. The molecule has 6 nitrogen and oxygen atoms in total. The zero-order valence-corrected chi connectivity index (χ0v) is 15.8. The van der Waals surface area contributed by atoms with Crippen LogP contribution in [0.3, 0.4) is 0 Å². The van der Waals surface area contributed by atoms with Gasteiger partial charge >= 0.3 is 12.4 Å². The van der Waals surface area contributed by atoms with Crippen LogP contribution in [0.1, 0.15) is 50.5 Å². The second kappa shape index (κ2) is 7.64. The van der Waals surface area contributed by atoms with Crippen LogP contribution in [-0.2, 0) is 11.8 Å². The number of halogens is 6. The number of nitrogens with two attached hydrogens (primary N) is 1. The average Bonchev–Trinajstić information content (AvgIpc) is 3.10. The second-order valence-electron chi connectivity index (χ2n) is 7.23. The van der Waals surface area contributed by atoms with Crippen molar-refractivity contribution in [1.29, 1.82) is 0 Å². The minimum absolute atomic E-state index is 0.0261. The molecule has 1 aromatic heterocycles. The molecule has 166 valence electrons. The van der Waals surface area contributed by atoms with Crippen LogP contribution < -0.4 is 10.5 Å². The van der Waals surface area contributed by atoms with Crippen LogP contribution in [0.5, 0.6) is 5.75 Å². The van der Waals surface area contributed by atoms with Crippen LogP contribution in [0.4, 0.5) is 32.0 Å². The molecule has 0 saturated heterocycles. The zero-order chi connectivity index (χ0) is 22.3. The number of rotatable bonds is 0. The SMILES string of the molecule is C[C@@H]1CCCCC[C@](O)(C(F)(F)F)c2nnc(o2)-c2cc(c(C(F)(F)F)cc2N)O1. The highest BCUT2D eigenvalue weighted by Gasteiger charge is 2.58. The Balaban J connectivity index is 2.17. The van der Waals surface area contributed by atoms with Crippen molar-refractivity contribution in [2.75, 3.05) is 5.73 Å². The molecular formula is C18H19F6N3O3. The summed E-state index contributed by atoms with van der Waals surface area (Å²) in [5, 5.41) is 17.1. The Morgan fingerprint density at radius 3 is 2.43 bits per heavy atom. The predicted molar refractivity (Wildman–Crippen MR) is 92.3 cm³/mol. The third-order valence-corrected chi connectivity index (χ3v) is 4.91. The van der Waals surface area contributed by atoms with E-state index in [1.165, 1.54) is 0 Å². The van der Waals surface area contributed by atoms with Gasteiger partial charge in [-0.2, -0.15) is 26.3 Å². The number of hydrogen-bond acceptors (Lipinski definition) is 6. The topological polar surface area (TPSA) is 94.4 Å². The smallest absolute Gasteiger partial charge is 0.426 e. The van der Waals surface area contributed by atoms with Gasteiger partial charge in [-0.05, 0) is 44.7 Å². The molecule has 0 unspecified atom stereocenters. The summed E-state index contributed by atoms with van der Waals surface area (Å²) in [5.74, 6) is -2.22. The van der Waals surface area contributed by atoms with E-state index in [9.17, 15) is 31.4 Å². The molecule has 12 heteroatoms. The molecule has 2 heterocycles. The minimum Gasteiger partial charge on any atom is -0.490 e. The van der Waals surface area contributed by atoms with E-state index in [1.54, 1.807) is 6.92 Å². The molecule has 4 bridgehead atoms. The lowest BCUT2D eigenvalue weighted by molar-refractivity contribution is -0.277. The number of aliphatic hydroxyl groups is 1. The van der Waals surface area contributed by atoms with Gasteiger partial charge in [0.05, 0.1) is 17.2 Å². The van der Waals surface area contributed by atoms with E-state index in [0.717, 1.165) is 6.07 Å². The number of fused-ring (bicyclic) bond motifs is 5. The van der Waals surface area contributed by atoms with Gasteiger partial charge in [0.25, 0.3) is 5.89 Å². The lowest BCUT2D eigenvalue weighted by atomic mass is 9.94. The molecule has 3 rings (SSSR count). The molecule has 0 amide bonds. The van der Waals surface area contributed by atoms with Gasteiger partial charge in [0.1, 0.15) is 5.75 Å². The maximum absolute atomic E-state index is 13.6. The molecule has 0 saturated carbocycles. The van der Waals surface area contributed by atoms with Crippen molar-refractivity contribution in [2.45, 2.75) is 63.1 Å². The first kappa shape index (κ1) is 22.2. The Hall–Kier alpha value is -2.50. The maximum atomic E-state index is 13.6. The van der Waals surface area contributed by atoms with E-state index < -0.39 is 59.3 Å². The van der Waals surface area contributed by atoms with E-state index in [2.05, 4.69) is 10.2 Å². The summed E-state index contributed by atoms with van der Waals surface area (Å²) in [7, 11) is 0. The van der Waals surface area contributed by atoms with Gasteiger partial charge in [0.15, 0.2) is 0 Å². The van der Waals surface area contributed by atoms with E-state index in [0.29, 0.717) is 18.9 Å². The fourth-order valence-corrected chi connectivity index (χ4v) is 3.24. The summed E-state index contributed by atoms with van der Waals surface area (Å²) in [6.45, 7) is 1.55. The Bertz CT molecular complexity index is 912. The number of nitrogen functional groups attached to an aromatic ring is 1. The fourth-order valence-electron chi connectivity index (χ4n) is 3.24. The summed E-state index contributed by atoms with van der Waals surface area (Å²) in [6, 6.07) is 1.51. The van der Waals surface area contributed by atoms with Crippen molar-refractivity contribution in [1.82, 2.24) is 10.2 Å². The van der Waals surface area contributed by atoms with E-state index in [-0.39, 0.29) is 18.4 Å². The standard InChI is InChI=1S/C18H19F6N3O3/c1-9-5-3-2-4-6-16(28,18(22,23)24)15-27-26-14(30-15)10-7-13(29-9)11(8-12(10)25)17(19,20)21/h7-9,28H,2-6,25H2,1H3/t9-,16-/m1/s1. The Labute approximate surface area is 167 Å². The van der Waals surface area contributed by atoms with E-state index >= 15 is 0 Å². The van der Waals surface area contributed by atoms with Crippen molar-refractivity contribution in [3.05, 3.63) is 23.6 Å². The molecule has 0 radical (unpaired) electrons. The minimum atomic E-state index is -5.10. The number of aromatic nitrogens is 2. The highest BCUT2D eigenvalue weighted by atomic mass is 19.4. The predicted octanol–water partition coefficient (Wildman–Crippen LogP) is 4.82. The highest BCUT2D eigenvalue weighted by Crippen LogP contribution is 2.45. The molecular weight excluding hydrogens is 420 g/mol. The number of anilines is 1. The number of ether oxygens (including phenoxy) is 1. The summed E-state index contributed by atoms with van der Waals surface area (Å²) < 4.78 is 91.4. The van der Waals surface area contributed by atoms with Gasteiger partial charge in [-0.3, -0.25) is 0 Å².